The Morgan fingerprint density at radius 1 is 1.53 bits per heavy atom. The number of carboxylic acid groups (broad SMARTS) is 1. The predicted octanol–water partition coefficient (Wildman–Crippen LogP) is 2.04. The van der Waals surface area contributed by atoms with E-state index in [-0.39, 0.29) is 0 Å². The molecule has 0 fully saturated rings. The molecule has 92 valence electrons. The standard InChI is InChI=1S/C13H17NO3/c1-3-9-4-5-11-10(6-9)7-12(15)8(2)14(11)13(16)17/h4-6,8,12,15H,3,7H2,1-2H3,(H,16,17)/t8-,12+/m0/s1. The molecule has 0 saturated heterocycles. The maximum absolute atomic E-state index is 11.2. The molecule has 1 aromatic carbocycles. The highest BCUT2D eigenvalue weighted by molar-refractivity contribution is 5.88. The number of aliphatic hydroxyl groups is 1. The lowest BCUT2D eigenvalue weighted by atomic mass is 9.92. The van der Waals surface area contributed by atoms with E-state index >= 15 is 0 Å². The highest BCUT2D eigenvalue weighted by Gasteiger charge is 2.33. The first-order valence-electron chi connectivity index (χ1n) is 5.86. The Labute approximate surface area is 100 Å². The van der Waals surface area contributed by atoms with Crippen LogP contribution in [-0.4, -0.2) is 28.5 Å². The summed E-state index contributed by atoms with van der Waals surface area (Å²) in [4.78, 5) is 12.5. The number of benzene rings is 1. The van der Waals surface area contributed by atoms with E-state index in [1.54, 1.807) is 6.92 Å². The second-order valence-electron chi connectivity index (χ2n) is 4.48. The number of nitrogens with zero attached hydrogens (tertiary/aromatic N) is 1. The average Bonchev–Trinajstić information content (AvgIpc) is 2.29. The number of amides is 1. The fourth-order valence-electron chi connectivity index (χ4n) is 2.32. The first-order chi connectivity index (χ1) is 8.04. The molecular weight excluding hydrogens is 218 g/mol. The van der Waals surface area contributed by atoms with E-state index in [0.717, 1.165) is 17.5 Å². The number of carbonyl (C=O) groups is 1. The molecule has 0 radical (unpaired) electrons. The molecule has 0 saturated carbocycles. The van der Waals surface area contributed by atoms with E-state index in [9.17, 15) is 15.0 Å². The highest BCUT2D eigenvalue weighted by Crippen LogP contribution is 2.31. The summed E-state index contributed by atoms with van der Waals surface area (Å²) >= 11 is 0. The van der Waals surface area contributed by atoms with Crippen LogP contribution in [0.2, 0.25) is 0 Å². The maximum Gasteiger partial charge on any atom is 0.412 e. The molecule has 0 unspecified atom stereocenters. The van der Waals surface area contributed by atoms with Gasteiger partial charge in [-0.15, -0.1) is 0 Å². The van der Waals surface area contributed by atoms with Crippen molar-refractivity contribution in [1.29, 1.82) is 0 Å². The van der Waals surface area contributed by atoms with Crippen LogP contribution in [-0.2, 0) is 12.8 Å². The van der Waals surface area contributed by atoms with Crippen molar-refractivity contribution >= 4 is 11.8 Å². The lowest BCUT2D eigenvalue weighted by Gasteiger charge is -2.36. The van der Waals surface area contributed by atoms with Crippen molar-refractivity contribution in [3.05, 3.63) is 29.3 Å². The number of rotatable bonds is 1. The molecule has 1 heterocycles. The van der Waals surface area contributed by atoms with Crippen LogP contribution in [0.4, 0.5) is 10.5 Å². The summed E-state index contributed by atoms with van der Waals surface area (Å²) in [5, 5.41) is 19.1. The minimum atomic E-state index is -1.01. The summed E-state index contributed by atoms with van der Waals surface area (Å²) in [5.74, 6) is 0. The van der Waals surface area contributed by atoms with Crippen LogP contribution >= 0.6 is 0 Å². The van der Waals surface area contributed by atoms with Gasteiger partial charge in [-0.25, -0.2) is 4.79 Å². The molecule has 1 amide bonds. The summed E-state index contributed by atoms with van der Waals surface area (Å²) in [6, 6.07) is 5.37. The summed E-state index contributed by atoms with van der Waals surface area (Å²) in [6.07, 6.45) is -0.215. The fraction of sp³-hybridized carbons (Fsp3) is 0.462. The van der Waals surface area contributed by atoms with E-state index in [4.69, 9.17) is 0 Å². The average molecular weight is 235 g/mol. The van der Waals surface area contributed by atoms with Crippen LogP contribution < -0.4 is 4.90 Å². The molecule has 1 aliphatic heterocycles. The lowest BCUT2D eigenvalue weighted by Crippen LogP contribution is -2.49. The summed E-state index contributed by atoms with van der Waals surface area (Å²) in [5.41, 5.74) is 2.78. The van der Waals surface area contributed by atoms with Gasteiger partial charge in [-0.2, -0.15) is 0 Å². The third-order valence-corrected chi connectivity index (χ3v) is 3.41. The smallest absolute Gasteiger partial charge is 0.412 e. The van der Waals surface area contributed by atoms with Crippen LogP contribution in [0, 0.1) is 0 Å². The molecular formula is C13H17NO3. The van der Waals surface area contributed by atoms with Crippen molar-refractivity contribution < 1.29 is 15.0 Å². The van der Waals surface area contributed by atoms with Crippen molar-refractivity contribution in [1.82, 2.24) is 0 Å². The molecule has 4 nitrogen and oxygen atoms in total. The second kappa shape index (κ2) is 4.37. The molecule has 0 bridgehead atoms. The summed E-state index contributed by atoms with van der Waals surface area (Å²) in [7, 11) is 0. The molecule has 1 aromatic rings. The van der Waals surface area contributed by atoms with Gasteiger partial charge in [0.1, 0.15) is 0 Å². The molecule has 2 rings (SSSR count). The second-order valence-corrected chi connectivity index (χ2v) is 4.48. The van der Waals surface area contributed by atoms with Crippen molar-refractivity contribution in [2.45, 2.75) is 38.8 Å². The molecule has 17 heavy (non-hydrogen) atoms. The maximum atomic E-state index is 11.2. The SMILES string of the molecule is CCc1ccc2c(c1)C[C@@H](O)[C@H](C)N2C(=O)O. The lowest BCUT2D eigenvalue weighted by molar-refractivity contribution is 0.133. The number of anilines is 1. The van der Waals surface area contributed by atoms with E-state index < -0.39 is 18.2 Å². The Balaban J connectivity index is 2.49. The minimum absolute atomic E-state index is 0.396. The van der Waals surface area contributed by atoms with Gasteiger partial charge in [-0.3, -0.25) is 4.90 Å². The fourth-order valence-corrected chi connectivity index (χ4v) is 2.32. The number of hydrogen-bond acceptors (Lipinski definition) is 2. The topological polar surface area (TPSA) is 60.8 Å². The van der Waals surface area contributed by atoms with E-state index in [2.05, 4.69) is 6.92 Å². The molecule has 2 N–H and O–H groups in total. The van der Waals surface area contributed by atoms with Crippen molar-refractivity contribution in [2.24, 2.45) is 0 Å². The van der Waals surface area contributed by atoms with Gasteiger partial charge >= 0.3 is 6.09 Å². The van der Waals surface area contributed by atoms with Crippen LogP contribution in [0.1, 0.15) is 25.0 Å². The van der Waals surface area contributed by atoms with Gasteiger partial charge in [0.25, 0.3) is 0 Å². The molecule has 2 atom stereocenters. The number of fused-ring (bicyclic) bond motifs is 1. The van der Waals surface area contributed by atoms with Crippen LogP contribution in [0.3, 0.4) is 0 Å². The highest BCUT2D eigenvalue weighted by atomic mass is 16.4. The van der Waals surface area contributed by atoms with Gasteiger partial charge in [0.05, 0.1) is 17.8 Å². The minimum Gasteiger partial charge on any atom is -0.465 e. The zero-order valence-corrected chi connectivity index (χ0v) is 10.1. The molecule has 1 aliphatic rings. The van der Waals surface area contributed by atoms with E-state index in [1.165, 1.54) is 4.90 Å². The Morgan fingerprint density at radius 3 is 2.82 bits per heavy atom. The molecule has 0 aliphatic carbocycles. The Morgan fingerprint density at radius 2 is 2.24 bits per heavy atom. The van der Waals surface area contributed by atoms with Crippen molar-refractivity contribution in [2.75, 3.05) is 4.90 Å². The number of hydrogen-bond donors (Lipinski definition) is 2. The van der Waals surface area contributed by atoms with Gasteiger partial charge < -0.3 is 10.2 Å². The third kappa shape index (κ3) is 2.00. The first-order valence-corrected chi connectivity index (χ1v) is 5.86. The Hall–Kier alpha value is -1.55. The summed E-state index contributed by atoms with van der Waals surface area (Å²) < 4.78 is 0. The van der Waals surface area contributed by atoms with Gasteiger partial charge in [-0.1, -0.05) is 19.1 Å². The largest absolute Gasteiger partial charge is 0.465 e. The normalized spacial score (nSPS) is 23.4. The third-order valence-electron chi connectivity index (χ3n) is 3.41. The number of aliphatic hydroxyl groups excluding tert-OH is 1. The van der Waals surface area contributed by atoms with Gasteiger partial charge in [0.15, 0.2) is 0 Å². The number of aryl methyl sites for hydroxylation is 1. The zero-order chi connectivity index (χ0) is 12.6. The predicted molar refractivity (Wildman–Crippen MR) is 65.5 cm³/mol. The van der Waals surface area contributed by atoms with Crippen LogP contribution in [0.25, 0.3) is 0 Å². The first kappa shape index (κ1) is 11.9. The molecule has 4 heteroatoms. The van der Waals surface area contributed by atoms with Crippen LogP contribution in [0.15, 0.2) is 18.2 Å². The summed E-state index contributed by atoms with van der Waals surface area (Å²) in [6.45, 7) is 3.79. The quantitative estimate of drug-likeness (QED) is 0.783. The van der Waals surface area contributed by atoms with Gasteiger partial charge in [0, 0.05) is 6.42 Å². The van der Waals surface area contributed by atoms with E-state index in [1.807, 2.05) is 18.2 Å². The van der Waals surface area contributed by atoms with Gasteiger partial charge in [-0.05, 0) is 30.5 Å². The zero-order valence-electron chi connectivity index (χ0n) is 10.1. The van der Waals surface area contributed by atoms with Crippen molar-refractivity contribution in [3.63, 3.8) is 0 Å². The van der Waals surface area contributed by atoms with Crippen molar-refractivity contribution in [3.8, 4) is 0 Å². The molecule has 0 spiro atoms. The molecule has 0 aromatic heterocycles. The Kier molecular flexibility index (Phi) is 3.07. The van der Waals surface area contributed by atoms with E-state index in [0.29, 0.717) is 12.1 Å². The Bertz CT molecular complexity index is 444. The van der Waals surface area contributed by atoms with Gasteiger partial charge in [0.2, 0.25) is 0 Å². The van der Waals surface area contributed by atoms with Crippen LogP contribution in [0.5, 0.6) is 0 Å². The monoisotopic (exact) mass is 235 g/mol.